The standard InChI is InChI=1S/C48H55N4O5PS/c1-37(2)52(38(3)4)58(57-36-18-33-49)56-35-17-10-8-13-20-40-24-23-39(46-47(40)51-59-50-46)19-12-7-9-16-34-55-48(41-21-14-11-15-22-41,42-25-29-44(53-5)30-26-42)43-27-31-45(54-6)32-28-43/h11,14-15,21-32,37-38H,7-10,16-18,34-36H2,1-6H3. The molecule has 59 heavy (non-hydrogen) atoms. The van der Waals surface area contributed by atoms with Gasteiger partial charge in [-0.25, -0.2) is 4.67 Å². The van der Waals surface area contributed by atoms with Gasteiger partial charge in [0, 0.05) is 31.5 Å². The highest BCUT2D eigenvalue weighted by Gasteiger charge is 2.37. The van der Waals surface area contributed by atoms with Gasteiger partial charge in [0.25, 0.3) is 8.53 Å². The van der Waals surface area contributed by atoms with Crippen molar-refractivity contribution in [2.45, 2.75) is 90.3 Å². The second-order valence-corrected chi connectivity index (χ2v) is 16.4. The van der Waals surface area contributed by atoms with E-state index in [2.05, 4.69) is 107 Å². The third kappa shape index (κ3) is 12.4. The maximum atomic E-state index is 8.95. The Balaban J connectivity index is 1.17. The summed E-state index contributed by atoms with van der Waals surface area (Å²) in [4.78, 5) is 0. The maximum Gasteiger partial charge on any atom is 0.259 e. The molecule has 0 aliphatic carbocycles. The highest BCUT2D eigenvalue weighted by Crippen LogP contribution is 2.46. The zero-order valence-electron chi connectivity index (χ0n) is 35.1. The third-order valence-corrected chi connectivity index (χ3v) is 12.2. The van der Waals surface area contributed by atoms with Crippen molar-refractivity contribution >= 4 is 31.3 Å². The summed E-state index contributed by atoms with van der Waals surface area (Å²) in [6, 6.07) is 33.3. The van der Waals surface area contributed by atoms with Crippen LogP contribution in [-0.2, 0) is 19.4 Å². The highest BCUT2D eigenvalue weighted by molar-refractivity contribution is 7.44. The fourth-order valence-electron chi connectivity index (χ4n) is 6.77. The molecule has 0 bridgehead atoms. The van der Waals surface area contributed by atoms with Crippen molar-refractivity contribution in [2.75, 3.05) is 34.0 Å². The number of rotatable bonds is 21. The van der Waals surface area contributed by atoms with Crippen LogP contribution in [0.25, 0.3) is 11.0 Å². The van der Waals surface area contributed by atoms with Crippen LogP contribution in [0.3, 0.4) is 0 Å². The third-order valence-electron chi connectivity index (χ3n) is 9.61. The molecule has 1 atom stereocenters. The molecule has 0 fully saturated rings. The number of nitrogens with zero attached hydrogens (tertiary/aromatic N) is 4. The number of fused-ring (bicyclic) bond motifs is 1. The van der Waals surface area contributed by atoms with Crippen LogP contribution in [0.2, 0.25) is 0 Å². The first-order chi connectivity index (χ1) is 28.8. The topological polar surface area (TPSA) is 99.0 Å². The van der Waals surface area contributed by atoms with Gasteiger partial charge in [-0.05, 0) is 106 Å². The van der Waals surface area contributed by atoms with Crippen LogP contribution >= 0.6 is 20.3 Å². The van der Waals surface area contributed by atoms with Crippen molar-refractivity contribution in [2.24, 2.45) is 0 Å². The molecule has 0 spiro atoms. The molecule has 4 aromatic carbocycles. The lowest BCUT2D eigenvalue weighted by molar-refractivity contribution is 0.0109. The molecule has 0 N–H and O–H groups in total. The van der Waals surface area contributed by atoms with E-state index in [9.17, 15) is 0 Å². The number of hydrogen-bond acceptors (Lipinski definition) is 10. The van der Waals surface area contributed by atoms with E-state index in [-0.39, 0.29) is 12.1 Å². The van der Waals surface area contributed by atoms with Crippen molar-refractivity contribution in [1.29, 1.82) is 5.26 Å². The van der Waals surface area contributed by atoms with Crippen molar-refractivity contribution in [3.63, 3.8) is 0 Å². The van der Waals surface area contributed by atoms with E-state index in [1.807, 2.05) is 54.6 Å². The van der Waals surface area contributed by atoms with Crippen LogP contribution < -0.4 is 9.47 Å². The van der Waals surface area contributed by atoms with E-state index >= 15 is 0 Å². The summed E-state index contributed by atoms with van der Waals surface area (Å²) >= 11 is 1.18. The van der Waals surface area contributed by atoms with Gasteiger partial charge in [0.05, 0.1) is 62.8 Å². The number of methoxy groups -OCH3 is 2. The van der Waals surface area contributed by atoms with Gasteiger partial charge in [-0.3, -0.25) is 0 Å². The van der Waals surface area contributed by atoms with Gasteiger partial charge in [0.15, 0.2) is 0 Å². The van der Waals surface area contributed by atoms with E-state index in [0.717, 1.165) is 88.9 Å². The van der Waals surface area contributed by atoms with E-state index in [4.69, 9.17) is 28.5 Å². The van der Waals surface area contributed by atoms with Crippen LogP contribution in [0, 0.1) is 35.0 Å². The fourth-order valence-corrected chi connectivity index (χ4v) is 8.97. The van der Waals surface area contributed by atoms with E-state index < -0.39 is 14.1 Å². The second kappa shape index (κ2) is 23.7. The van der Waals surface area contributed by atoms with Crippen LogP contribution in [-0.4, -0.2) is 59.5 Å². The summed E-state index contributed by atoms with van der Waals surface area (Å²) in [7, 11) is 2.12. The SMILES string of the molecule is COc1ccc(C(OCCCCC#Cc2ccc(C#CCCCCOP(OCCC#N)N(C(C)C)C(C)C)c3nsnc23)(c2ccccc2)c2ccc(OC)cc2)cc1. The van der Waals surface area contributed by atoms with Gasteiger partial charge in [-0.15, -0.1) is 0 Å². The predicted molar refractivity (Wildman–Crippen MR) is 238 cm³/mol. The Hall–Kier alpha value is -4.82. The smallest absolute Gasteiger partial charge is 0.259 e. The average Bonchev–Trinajstić information content (AvgIpc) is 3.76. The molecule has 5 rings (SSSR count). The lowest BCUT2D eigenvalue weighted by Gasteiger charge is -2.36. The first-order valence-electron chi connectivity index (χ1n) is 20.2. The molecule has 0 aliphatic heterocycles. The molecule has 308 valence electrons. The minimum Gasteiger partial charge on any atom is -0.497 e. The minimum absolute atomic E-state index is 0.277. The van der Waals surface area contributed by atoms with Crippen LogP contribution in [0.4, 0.5) is 0 Å². The normalized spacial score (nSPS) is 11.9. The van der Waals surface area contributed by atoms with Gasteiger partial charge in [-0.1, -0.05) is 78.3 Å². The number of ether oxygens (including phenoxy) is 3. The zero-order chi connectivity index (χ0) is 41.9. The van der Waals surface area contributed by atoms with E-state index in [0.29, 0.717) is 26.2 Å². The highest BCUT2D eigenvalue weighted by atomic mass is 32.1. The van der Waals surface area contributed by atoms with Gasteiger partial charge >= 0.3 is 0 Å². The molecule has 11 heteroatoms. The summed E-state index contributed by atoms with van der Waals surface area (Å²) in [5, 5.41) is 8.95. The number of aromatic nitrogens is 2. The summed E-state index contributed by atoms with van der Waals surface area (Å²) in [5.74, 6) is 14.9. The monoisotopic (exact) mass is 830 g/mol. The number of benzene rings is 4. The summed E-state index contributed by atoms with van der Waals surface area (Å²) in [6.07, 6.45) is 5.29. The van der Waals surface area contributed by atoms with Crippen LogP contribution in [0.1, 0.15) is 100 Å². The van der Waals surface area contributed by atoms with E-state index in [1.54, 1.807) is 14.2 Å². The zero-order valence-corrected chi connectivity index (χ0v) is 36.8. The lowest BCUT2D eigenvalue weighted by atomic mass is 9.80. The molecule has 0 saturated heterocycles. The molecular formula is C48H55N4O5PS. The van der Waals surface area contributed by atoms with Crippen molar-refractivity contribution in [1.82, 2.24) is 13.4 Å². The first kappa shape index (κ1) is 45.3. The van der Waals surface area contributed by atoms with Crippen molar-refractivity contribution < 1.29 is 23.3 Å². The molecule has 0 aliphatic rings. The van der Waals surface area contributed by atoms with Crippen LogP contribution in [0.5, 0.6) is 11.5 Å². The van der Waals surface area contributed by atoms with Crippen molar-refractivity contribution in [3.05, 3.63) is 119 Å². The Labute approximate surface area is 356 Å². The number of hydrogen-bond donors (Lipinski definition) is 0. The van der Waals surface area contributed by atoms with Gasteiger partial charge in [0.2, 0.25) is 0 Å². The molecule has 0 saturated carbocycles. The fraction of sp³-hybridized carbons (Fsp3) is 0.396. The van der Waals surface area contributed by atoms with Gasteiger partial charge in [0.1, 0.15) is 28.1 Å². The Morgan fingerprint density at radius 2 is 1.12 bits per heavy atom. The maximum absolute atomic E-state index is 8.95. The molecular weight excluding hydrogens is 776 g/mol. The molecule has 1 heterocycles. The molecule has 1 unspecified atom stereocenters. The minimum atomic E-state index is -1.22. The predicted octanol–water partition coefficient (Wildman–Crippen LogP) is 11.1. The Bertz CT molecular complexity index is 2140. The average molecular weight is 831 g/mol. The first-order valence-corrected chi connectivity index (χ1v) is 22.1. The molecule has 1 aromatic heterocycles. The summed E-state index contributed by atoms with van der Waals surface area (Å²) in [5.41, 5.74) is 5.54. The Morgan fingerprint density at radius 3 is 1.61 bits per heavy atom. The quantitative estimate of drug-likeness (QED) is 0.0310. The Kier molecular flexibility index (Phi) is 18.2. The molecule has 5 aromatic rings. The van der Waals surface area contributed by atoms with Gasteiger partial charge in [-0.2, -0.15) is 14.0 Å². The second-order valence-electron chi connectivity index (χ2n) is 14.4. The number of nitriles is 1. The van der Waals surface area contributed by atoms with Crippen molar-refractivity contribution in [3.8, 4) is 41.2 Å². The number of unbranched alkanes of at least 4 members (excludes halogenated alkanes) is 4. The molecule has 0 amide bonds. The molecule has 9 nitrogen and oxygen atoms in total. The summed E-state index contributed by atoms with van der Waals surface area (Å²) < 4.78 is 41.5. The summed E-state index contributed by atoms with van der Waals surface area (Å²) in [6.45, 7) is 10.0. The van der Waals surface area contributed by atoms with Gasteiger partial charge < -0.3 is 23.3 Å². The Morgan fingerprint density at radius 1 is 0.627 bits per heavy atom. The lowest BCUT2D eigenvalue weighted by Crippen LogP contribution is -2.33. The van der Waals surface area contributed by atoms with E-state index in [1.165, 1.54) is 11.7 Å². The molecule has 0 radical (unpaired) electrons. The largest absolute Gasteiger partial charge is 0.497 e. The van der Waals surface area contributed by atoms with Crippen LogP contribution in [0.15, 0.2) is 91.0 Å².